The van der Waals surface area contributed by atoms with E-state index < -0.39 is 35.7 Å². The van der Waals surface area contributed by atoms with Crippen LogP contribution in [0.2, 0.25) is 0 Å². The summed E-state index contributed by atoms with van der Waals surface area (Å²) in [5.41, 5.74) is 2.35. The lowest BCUT2D eigenvalue weighted by atomic mass is 9.78. The molecule has 420 valence electrons. The number of aliphatic hydroxyl groups excluding tert-OH is 2. The van der Waals surface area contributed by atoms with Gasteiger partial charge in [0.25, 0.3) is 0 Å². The lowest BCUT2D eigenvalue weighted by Crippen LogP contribution is -2.62. The lowest BCUT2D eigenvalue weighted by molar-refractivity contribution is -0.371. The quantitative estimate of drug-likeness (QED) is 0.180. The summed E-state index contributed by atoms with van der Waals surface area (Å²) in [5.74, 6) is -2.07. The van der Waals surface area contributed by atoms with Crippen LogP contribution in [-0.2, 0) is 71.1 Å². The minimum absolute atomic E-state index is 0.0119. The molecule has 0 radical (unpaired) electrons. The van der Waals surface area contributed by atoms with Crippen molar-refractivity contribution in [2.45, 2.75) is 296 Å². The summed E-state index contributed by atoms with van der Waals surface area (Å²) >= 11 is 0. The van der Waals surface area contributed by atoms with Crippen molar-refractivity contribution in [3.8, 4) is 0 Å². The molecule has 13 fully saturated rings. The number of hydrogen-bond donors (Lipinski definition) is 2. The van der Waals surface area contributed by atoms with Gasteiger partial charge >= 0.3 is 5.97 Å². The second-order valence-corrected chi connectivity index (χ2v) is 26.0. The van der Waals surface area contributed by atoms with E-state index in [0.717, 1.165) is 57.8 Å². The van der Waals surface area contributed by atoms with Gasteiger partial charge in [-0.2, -0.15) is 0 Å². The maximum Gasteiger partial charge on any atom is 0.308 e. The molecule has 4 bridgehead atoms. The van der Waals surface area contributed by atoms with Crippen molar-refractivity contribution < 1.29 is 81.3 Å². The molecule has 2 N–H and O–H groups in total. The predicted molar refractivity (Wildman–Crippen MR) is 266 cm³/mol. The normalized spacial score (nSPS) is 54.9. The van der Waals surface area contributed by atoms with Crippen LogP contribution < -0.4 is 0 Å². The molecule has 13 rings (SSSR count). The van der Waals surface area contributed by atoms with Crippen LogP contribution in [0.3, 0.4) is 0 Å². The Bertz CT molecular complexity index is 2130. The highest BCUT2D eigenvalue weighted by Gasteiger charge is 2.65. The Morgan fingerprint density at radius 1 is 0.613 bits per heavy atom. The van der Waals surface area contributed by atoms with Gasteiger partial charge in [-0.05, 0) is 87.2 Å². The summed E-state index contributed by atoms with van der Waals surface area (Å²) in [4.78, 5) is 14.0. The Labute approximate surface area is 442 Å². The molecule has 13 aliphatic heterocycles. The van der Waals surface area contributed by atoms with E-state index in [1.807, 2.05) is 6.92 Å². The zero-order valence-electron chi connectivity index (χ0n) is 45.0. The van der Waals surface area contributed by atoms with Crippen LogP contribution in [-0.4, -0.2) is 175 Å². The fourth-order valence-electron chi connectivity index (χ4n) is 16.6. The summed E-state index contributed by atoms with van der Waals surface area (Å²) in [6, 6.07) is 0. The van der Waals surface area contributed by atoms with E-state index in [1.165, 1.54) is 11.1 Å². The Kier molecular flexibility index (Phi) is 14.3. The molecule has 0 aromatic carbocycles. The zero-order valence-corrected chi connectivity index (χ0v) is 45.0. The first kappa shape index (κ1) is 52.7. The summed E-state index contributed by atoms with van der Waals surface area (Å²) in [7, 11) is 0. The fraction of sp³-hybridized carbons (Fsp3) is 0.914. The van der Waals surface area contributed by atoms with E-state index in [2.05, 4.69) is 40.9 Å². The standard InChI is InChI=1S/C58H86O17/c1-28-16-35(62-27-32(28)5)8-10-39-29(2)17-37(64-39)12-14-56-15-13-40(70-56)42-20-46(72-56)55-41(66-42)11-9-36(65-55)18-50(61)69-53-33(6)54-44(63-34(53)7)21-43-47(67-54)24-58(71-43)25-48-52(75-58)31(4)23-57(74-48)22-30(3)51-45(73-57)19-38(60)49(26-59)68-51/h28,30-31,33-49,51-55,59-60H,2,5,8-27H2,1,3-4,6-7H3/t28-,30+,31+,33-,34+,35?,36-,37+,38-,39?,40?,41+,42-,43?,44?,45?,46-,47?,48?,49?,51?,52?,53-,54?,55+,56+,57-,58+/m1/s1. The molecular weight excluding hydrogens is 969 g/mol. The third-order valence-electron chi connectivity index (χ3n) is 20.5. The molecule has 0 saturated carbocycles. The van der Waals surface area contributed by atoms with Crippen LogP contribution in [0.15, 0.2) is 24.3 Å². The average Bonchev–Trinajstić information content (AvgIpc) is 4.18. The SMILES string of the molecule is C=C1C[C@H](CC[C@]23CCC(O2)[C@H]2C[C@@H](O3)[C@H]3O[C@@H](CC(=O)O[C@H]4[C@H](C)OC5CC6O[C@]7(CC6OC5[C@@H]4C)CC4O[C@]5(C[C@H](C)C6OC(CO)[C@H](O)CC6O5)C[C@H](C)C4O7)CC[C@@H]3O2)OC1CCC1C[C@@H](C)C(=C)CO1. The molecule has 13 heterocycles. The van der Waals surface area contributed by atoms with Gasteiger partial charge in [0.05, 0.1) is 130 Å². The molecule has 17 nitrogen and oxygen atoms in total. The van der Waals surface area contributed by atoms with Crippen molar-refractivity contribution >= 4 is 5.97 Å². The monoisotopic (exact) mass is 1050 g/mol. The minimum atomic E-state index is -0.858. The number of carbonyl (C=O) groups is 1. The smallest absolute Gasteiger partial charge is 0.308 e. The van der Waals surface area contributed by atoms with Gasteiger partial charge in [-0.15, -0.1) is 0 Å². The number of hydrogen-bond acceptors (Lipinski definition) is 17. The van der Waals surface area contributed by atoms with E-state index in [9.17, 15) is 15.0 Å². The molecule has 0 amide bonds. The number of aliphatic hydroxyl groups is 2. The molecule has 13 saturated heterocycles. The van der Waals surface area contributed by atoms with Gasteiger partial charge in [-0.25, -0.2) is 0 Å². The first-order chi connectivity index (χ1) is 36.0. The first-order valence-electron chi connectivity index (χ1n) is 29.5. The summed E-state index contributed by atoms with van der Waals surface area (Å²) < 4.78 is 93.6. The van der Waals surface area contributed by atoms with Crippen LogP contribution >= 0.6 is 0 Å². The van der Waals surface area contributed by atoms with Gasteiger partial charge in [-0.1, -0.05) is 40.9 Å². The topological polar surface area (TPSA) is 187 Å². The number of rotatable bonds is 10. The van der Waals surface area contributed by atoms with Crippen LogP contribution in [0.4, 0.5) is 0 Å². The maximum atomic E-state index is 14.0. The van der Waals surface area contributed by atoms with Crippen molar-refractivity contribution in [3.05, 3.63) is 24.3 Å². The molecule has 17 heteroatoms. The second-order valence-electron chi connectivity index (χ2n) is 26.0. The average molecular weight is 1060 g/mol. The van der Waals surface area contributed by atoms with E-state index >= 15 is 0 Å². The third kappa shape index (κ3) is 9.99. The number of ether oxygens (including phenoxy) is 14. The number of carbonyl (C=O) groups excluding carboxylic acids is 1. The zero-order chi connectivity index (χ0) is 51.7. The number of fused-ring (bicyclic) bond motifs is 11. The highest BCUT2D eigenvalue weighted by Crippen LogP contribution is 2.56. The predicted octanol–water partition coefficient (Wildman–Crippen LogP) is 6.43. The van der Waals surface area contributed by atoms with Gasteiger partial charge in [0, 0.05) is 63.7 Å². The Hall–Kier alpha value is -1.65. The molecular formula is C58H86O17. The molecule has 75 heavy (non-hydrogen) atoms. The highest BCUT2D eigenvalue weighted by atomic mass is 16.8. The van der Waals surface area contributed by atoms with Gasteiger partial charge < -0.3 is 76.5 Å². The fourth-order valence-corrected chi connectivity index (χ4v) is 16.6. The largest absolute Gasteiger partial charge is 0.459 e. The van der Waals surface area contributed by atoms with E-state index in [4.69, 9.17) is 66.3 Å². The van der Waals surface area contributed by atoms with Crippen molar-refractivity contribution in [1.82, 2.24) is 0 Å². The molecule has 0 aliphatic carbocycles. The maximum absolute atomic E-state index is 14.0. The third-order valence-corrected chi connectivity index (χ3v) is 20.5. The Morgan fingerprint density at radius 2 is 1.36 bits per heavy atom. The second kappa shape index (κ2) is 20.4. The van der Waals surface area contributed by atoms with E-state index in [1.54, 1.807) is 0 Å². The first-order valence-corrected chi connectivity index (χ1v) is 29.5. The van der Waals surface area contributed by atoms with Crippen molar-refractivity contribution in [3.63, 3.8) is 0 Å². The summed E-state index contributed by atoms with van der Waals surface area (Å²) in [5, 5.41) is 20.5. The van der Waals surface area contributed by atoms with E-state index in [-0.39, 0.29) is 147 Å². The van der Waals surface area contributed by atoms with E-state index in [0.29, 0.717) is 63.9 Å². The van der Waals surface area contributed by atoms with Crippen LogP contribution in [0.1, 0.15) is 150 Å². The van der Waals surface area contributed by atoms with Gasteiger partial charge in [0.15, 0.2) is 17.4 Å². The summed E-state index contributed by atoms with van der Waals surface area (Å²) in [6.07, 6.45) is 8.07. The van der Waals surface area contributed by atoms with Gasteiger partial charge in [-0.3, -0.25) is 4.79 Å². The molecule has 12 unspecified atom stereocenters. The van der Waals surface area contributed by atoms with Crippen LogP contribution in [0.5, 0.6) is 0 Å². The molecule has 2 spiro atoms. The molecule has 0 aromatic heterocycles. The Morgan fingerprint density at radius 3 is 2.19 bits per heavy atom. The molecule has 28 atom stereocenters. The lowest BCUT2D eigenvalue weighted by Gasteiger charge is -2.54. The minimum Gasteiger partial charge on any atom is -0.459 e. The Balaban J connectivity index is 0.591. The van der Waals surface area contributed by atoms with Crippen molar-refractivity contribution in [2.24, 2.45) is 23.7 Å². The molecule has 0 aromatic rings. The van der Waals surface area contributed by atoms with Crippen molar-refractivity contribution in [2.75, 3.05) is 13.2 Å². The molecule has 13 aliphatic rings. The van der Waals surface area contributed by atoms with Crippen molar-refractivity contribution in [1.29, 1.82) is 0 Å². The van der Waals surface area contributed by atoms with Gasteiger partial charge in [0.2, 0.25) is 0 Å². The number of esters is 1. The van der Waals surface area contributed by atoms with Gasteiger partial charge in [0.1, 0.15) is 18.3 Å². The van der Waals surface area contributed by atoms with Crippen LogP contribution in [0.25, 0.3) is 0 Å². The summed E-state index contributed by atoms with van der Waals surface area (Å²) in [6.45, 7) is 19.7. The highest BCUT2D eigenvalue weighted by molar-refractivity contribution is 5.70. The van der Waals surface area contributed by atoms with Crippen LogP contribution in [0, 0.1) is 23.7 Å².